The van der Waals surface area contributed by atoms with Crippen molar-refractivity contribution in [2.24, 2.45) is 5.10 Å². The highest BCUT2D eigenvalue weighted by Gasteiger charge is 2.28. The molecule has 4 rings (SSSR count). The molecule has 0 atom stereocenters. The van der Waals surface area contributed by atoms with E-state index < -0.39 is 10.0 Å². The van der Waals surface area contributed by atoms with E-state index in [2.05, 4.69) is 15.2 Å². The van der Waals surface area contributed by atoms with Crippen molar-refractivity contribution >= 4 is 33.2 Å². The van der Waals surface area contributed by atoms with Crippen molar-refractivity contribution in [2.75, 3.05) is 0 Å². The maximum Gasteiger partial charge on any atom is 0.287 e. The molecule has 33 heavy (non-hydrogen) atoms. The van der Waals surface area contributed by atoms with Crippen molar-refractivity contribution in [3.05, 3.63) is 87.3 Å². The van der Waals surface area contributed by atoms with Crippen molar-refractivity contribution in [1.29, 1.82) is 0 Å². The van der Waals surface area contributed by atoms with Crippen molar-refractivity contribution in [2.45, 2.75) is 44.6 Å². The van der Waals surface area contributed by atoms with E-state index in [1.165, 1.54) is 12.1 Å². The molecule has 0 fully saturated rings. The SMILES string of the molecule is Cc1ccc(S(=O)(=O)N/N=C2\CCCc3oc(C(=O)NCc4ccccc4Cl)c(C)c32)cc1. The Bertz CT molecular complexity index is 1330. The van der Waals surface area contributed by atoms with Gasteiger partial charge in [0.1, 0.15) is 5.76 Å². The number of carbonyl (C=O) groups is 1. The first-order valence-corrected chi connectivity index (χ1v) is 12.4. The highest BCUT2D eigenvalue weighted by Crippen LogP contribution is 2.30. The molecule has 2 N–H and O–H groups in total. The zero-order valence-electron chi connectivity index (χ0n) is 18.3. The number of aryl methyl sites for hydroxylation is 2. The predicted octanol–water partition coefficient (Wildman–Crippen LogP) is 4.50. The number of rotatable bonds is 6. The number of nitrogens with one attached hydrogen (secondary N) is 2. The van der Waals surface area contributed by atoms with Gasteiger partial charge in [0.15, 0.2) is 5.76 Å². The van der Waals surface area contributed by atoms with Crippen LogP contribution in [0.5, 0.6) is 0 Å². The summed E-state index contributed by atoms with van der Waals surface area (Å²) in [4.78, 5) is 15.3. The fourth-order valence-electron chi connectivity index (χ4n) is 3.78. The Labute approximate surface area is 197 Å². The Morgan fingerprint density at radius 1 is 1.09 bits per heavy atom. The van der Waals surface area contributed by atoms with Gasteiger partial charge in [-0.2, -0.15) is 18.4 Å². The first-order valence-electron chi connectivity index (χ1n) is 10.6. The Morgan fingerprint density at radius 3 is 2.55 bits per heavy atom. The van der Waals surface area contributed by atoms with E-state index in [0.29, 0.717) is 40.5 Å². The lowest BCUT2D eigenvalue weighted by Crippen LogP contribution is -2.24. The van der Waals surface area contributed by atoms with E-state index in [4.69, 9.17) is 16.0 Å². The van der Waals surface area contributed by atoms with Gasteiger partial charge < -0.3 is 9.73 Å². The summed E-state index contributed by atoms with van der Waals surface area (Å²) < 4.78 is 31.1. The standard InChI is InChI=1S/C24H24ClN3O4S/c1-15-10-12-18(13-11-15)33(30,31)28-27-20-8-5-9-21-22(20)16(2)23(32-21)24(29)26-14-17-6-3-4-7-19(17)25/h3-4,6-7,10-13,28H,5,8-9,14H2,1-2H3,(H,26,29)/b27-20+. The summed E-state index contributed by atoms with van der Waals surface area (Å²) >= 11 is 6.16. The Balaban J connectivity index is 1.55. The normalized spacial score (nSPS) is 14.7. The van der Waals surface area contributed by atoms with Gasteiger partial charge in [0, 0.05) is 29.1 Å². The van der Waals surface area contributed by atoms with Crippen LogP contribution in [0.25, 0.3) is 0 Å². The van der Waals surface area contributed by atoms with Crippen molar-refractivity contribution in [3.63, 3.8) is 0 Å². The molecule has 1 amide bonds. The second-order valence-corrected chi connectivity index (χ2v) is 10.0. The van der Waals surface area contributed by atoms with Crippen LogP contribution >= 0.6 is 11.6 Å². The van der Waals surface area contributed by atoms with Crippen LogP contribution in [0, 0.1) is 13.8 Å². The number of halogens is 1. The maximum atomic E-state index is 12.8. The average Bonchev–Trinajstić information content (AvgIpc) is 3.14. The number of hydrogen-bond donors (Lipinski definition) is 2. The van der Waals surface area contributed by atoms with E-state index in [1.807, 2.05) is 25.1 Å². The van der Waals surface area contributed by atoms with E-state index in [1.54, 1.807) is 25.1 Å². The third-order valence-electron chi connectivity index (χ3n) is 5.56. The molecule has 0 unspecified atom stereocenters. The van der Waals surface area contributed by atoms with Gasteiger partial charge in [0.25, 0.3) is 15.9 Å². The number of hydrazone groups is 1. The van der Waals surface area contributed by atoms with Crippen LogP contribution in [0.15, 0.2) is 62.9 Å². The molecule has 1 aliphatic rings. The zero-order valence-corrected chi connectivity index (χ0v) is 19.9. The molecule has 0 bridgehead atoms. The average molecular weight is 486 g/mol. The summed E-state index contributed by atoms with van der Waals surface area (Å²) in [5, 5.41) is 7.61. The van der Waals surface area contributed by atoms with Crippen LogP contribution in [0.3, 0.4) is 0 Å². The van der Waals surface area contributed by atoms with Crippen LogP contribution in [-0.2, 0) is 23.0 Å². The molecule has 2 aromatic carbocycles. The number of furan rings is 1. The molecule has 0 spiro atoms. The lowest BCUT2D eigenvalue weighted by molar-refractivity contribution is 0.0920. The third kappa shape index (κ3) is 4.96. The molecular formula is C24H24ClN3O4S. The monoisotopic (exact) mass is 485 g/mol. The molecular weight excluding hydrogens is 462 g/mol. The van der Waals surface area contributed by atoms with Gasteiger partial charge in [-0.15, -0.1) is 0 Å². The lowest BCUT2D eigenvalue weighted by atomic mass is 9.93. The fraction of sp³-hybridized carbons (Fsp3) is 0.250. The lowest BCUT2D eigenvalue weighted by Gasteiger charge is -2.14. The summed E-state index contributed by atoms with van der Waals surface area (Å²) in [5.41, 5.74) is 3.64. The van der Waals surface area contributed by atoms with Gasteiger partial charge in [-0.25, -0.2) is 0 Å². The number of sulfonamides is 1. The molecule has 9 heteroatoms. The third-order valence-corrected chi connectivity index (χ3v) is 7.15. The van der Waals surface area contributed by atoms with Gasteiger partial charge in [0.05, 0.1) is 10.6 Å². The van der Waals surface area contributed by atoms with Gasteiger partial charge in [-0.1, -0.05) is 47.5 Å². The summed E-state index contributed by atoms with van der Waals surface area (Å²) in [6, 6.07) is 13.8. The van der Waals surface area contributed by atoms with Crippen LogP contribution < -0.4 is 10.1 Å². The summed E-state index contributed by atoms with van der Waals surface area (Å²) in [5.74, 6) is 0.472. The number of nitrogens with zero attached hydrogens (tertiary/aromatic N) is 1. The highest BCUT2D eigenvalue weighted by atomic mass is 35.5. The molecule has 0 aliphatic heterocycles. The minimum atomic E-state index is -3.80. The Hall–Kier alpha value is -3.10. The van der Waals surface area contributed by atoms with Crippen LogP contribution in [0.1, 0.15) is 51.4 Å². The van der Waals surface area contributed by atoms with Gasteiger partial charge in [-0.05, 0) is 50.5 Å². The second-order valence-electron chi connectivity index (χ2n) is 7.95. The second kappa shape index (κ2) is 9.41. The first-order chi connectivity index (χ1) is 15.8. The topological polar surface area (TPSA) is 101 Å². The number of fused-ring (bicyclic) bond motifs is 1. The van der Waals surface area contributed by atoms with Gasteiger partial charge in [0.2, 0.25) is 0 Å². The van der Waals surface area contributed by atoms with E-state index in [9.17, 15) is 13.2 Å². The molecule has 0 saturated carbocycles. The molecule has 0 saturated heterocycles. The zero-order chi connectivity index (χ0) is 23.6. The minimum absolute atomic E-state index is 0.136. The number of hydrogen-bond acceptors (Lipinski definition) is 5. The van der Waals surface area contributed by atoms with E-state index >= 15 is 0 Å². The van der Waals surface area contributed by atoms with Crippen molar-refractivity contribution in [1.82, 2.24) is 10.1 Å². The largest absolute Gasteiger partial charge is 0.455 e. The number of benzene rings is 2. The molecule has 1 heterocycles. The molecule has 0 radical (unpaired) electrons. The van der Waals surface area contributed by atoms with Crippen LogP contribution in [0.4, 0.5) is 0 Å². The minimum Gasteiger partial charge on any atom is -0.455 e. The van der Waals surface area contributed by atoms with Crippen LogP contribution in [-0.4, -0.2) is 20.0 Å². The number of carbonyl (C=O) groups excluding carboxylic acids is 1. The summed E-state index contributed by atoms with van der Waals surface area (Å²) in [6.45, 7) is 3.93. The molecule has 1 aliphatic carbocycles. The van der Waals surface area contributed by atoms with Gasteiger partial charge >= 0.3 is 0 Å². The molecule has 7 nitrogen and oxygen atoms in total. The molecule has 1 aromatic heterocycles. The number of amides is 1. The molecule has 172 valence electrons. The van der Waals surface area contributed by atoms with Crippen LogP contribution in [0.2, 0.25) is 5.02 Å². The van der Waals surface area contributed by atoms with Crippen molar-refractivity contribution < 1.29 is 17.6 Å². The summed E-state index contributed by atoms with van der Waals surface area (Å²) in [7, 11) is -3.80. The predicted molar refractivity (Wildman–Crippen MR) is 127 cm³/mol. The van der Waals surface area contributed by atoms with Gasteiger partial charge in [-0.3, -0.25) is 4.79 Å². The highest BCUT2D eigenvalue weighted by molar-refractivity contribution is 7.89. The van der Waals surface area contributed by atoms with E-state index in [-0.39, 0.29) is 23.1 Å². The Kier molecular flexibility index (Phi) is 6.58. The smallest absolute Gasteiger partial charge is 0.287 e. The first kappa shape index (κ1) is 23.1. The van der Waals surface area contributed by atoms with E-state index in [0.717, 1.165) is 17.5 Å². The maximum absolute atomic E-state index is 12.8. The quantitative estimate of drug-likeness (QED) is 0.502. The fourth-order valence-corrected chi connectivity index (χ4v) is 4.81. The Morgan fingerprint density at radius 2 is 1.82 bits per heavy atom. The van der Waals surface area contributed by atoms with Crippen molar-refractivity contribution in [3.8, 4) is 0 Å². The molecule has 3 aromatic rings. The summed E-state index contributed by atoms with van der Waals surface area (Å²) in [6.07, 6.45) is 1.97.